The average Bonchev–Trinajstić information content (AvgIpc) is 2.25. The van der Waals surface area contributed by atoms with Gasteiger partial charge in [0.05, 0.1) is 0 Å². The maximum atomic E-state index is 11.9. The monoisotopic (exact) mass is 249 g/mol. The molecule has 0 aromatic rings. The van der Waals surface area contributed by atoms with Gasteiger partial charge in [0.25, 0.3) is 10.2 Å². The summed E-state index contributed by atoms with van der Waals surface area (Å²) < 4.78 is 28.1. The van der Waals surface area contributed by atoms with E-state index in [0.29, 0.717) is 19.6 Å². The lowest BCUT2D eigenvalue weighted by molar-refractivity contribution is 0.265. The Hall–Kier alpha value is -0.170. The maximum Gasteiger partial charge on any atom is 0.279 e. The molecule has 0 aromatic carbocycles. The molecular weight excluding hydrogens is 226 g/mol. The zero-order valence-electron chi connectivity index (χ0n) is 10.2. The molecule has 0 spiro atoms. The van der Waals surface area contributed by atoms with Crippen LogP contribution in [0.15, 0.2) is 0 Å². The first-order chi connectivity index (χ1) is 7.58. The minimum atomic E-state index is -3.27. The molecule has 1 unspecified atom stereocenters. The first-order valence-corrected chi connectivity index (χ1v) is 7.49. The molecule has 2 N–H and O–H groups in total. The third-order valence-electron chi connectivity index (χ3n) is 2.89. The lowest BCUT2D eigenvalue weighted by Crippen LogP contribution is -2.49. The lowest BCUT2D eigenvalue weighted by Gasteiger charge is -2.32. The van der Waals surface area contributed by atoms with Crippen LogP contribution in [0.3, 0.4) is 0 Å². The highest BCUT2D eigenvalue weighted by Crippen LogP contribution is 2.18. The summed E-state index contributed by atoms with van der Waals surface area (Å²) in [6, 6.07) is 0.130. The van der Waals surface area contributed by atoms with Crippen molar-refractivity contribution in [3.63, 3.8) is 0 Å². The topological polar surface area (TPSA) is 61.4 Å². The van der Waals surface area contributed by atoms with Crippen LogP contribution in [0.2, 0.25) is 0 Å². The van der Waals surface area contributed by atoms with Gasteiger partial charge in [-0.1, -0.05) is 13.3 Å². The molecule has 5 nitrogen and oxygen atoms in total. The summed E-state index contributed by atoms with van der Waals surface area (Å²) in [7, 11) is -3.27. The fraction of sp³-hybridized carbons (Fsp3) is 1.00. The molecule has 96 valence electrons. The van der Waals surface area contributed by atoms with Crippen LogP contribution in [0.25, 0.3) is 0 Å². The summed E-state index contributed by atoms with van der Waals surface area (Å²) in [4.78, 5) is 0. The number of rotatable bonds is 6. The van der Waals surface area contributed by atoms with Crippen LogP contribution in [0, 0.1) is 0 Å². The Balaban J connectivity index is 2.42. The summed E-state index contributed by atoms with van der Waals surface area (Å²) in [6.45, 7) is 6.63. The molecule has 0 aliphatic carbocycles. The van der Waals surface area contributed by atoms with Crippen molar-refractivity contribution in [2.75, 3.05) is 26.2 Å². The van der Waals surface area contributed by atoms with Crippen molar-refractivity contribution in [1.29, 1.82) is 0 Å². The van der Waals surface area contributed by atoms with E-state index in [-0.39, 0.29) is 6.04 Å². The van der Waals surface area contributed by atoms with Gasteiger partial charge in [-0.05, 0) is 26.3 Å². The van der Waals surface area contributed by atoms with Crippen LogP contribution in [0.1, 0.15) is 33.1 Å². The van der Waals surface area contributed by atoms with E-state index in [4.69, 9.17) is 0 Å². The Morgan fingerprint density at radius 1 is 1.31 bits per heavy atom. The summed E-state index contributed by atoms with van der Waals surface area (Å²) in [5, 5.41) is 3.09. The predicted octanol–water partition coefficient (Wildman–Crippen LogP) is 0.305. The Bertz CT molecular complexity index is 292. The fourth-order valence-corrected chi connectivity index (χ4v) is 3.43. The molecule has 0 radical (unpaired) electrons. The van der Waals surface area contributed by atoms with Gasteiger partial charge in [-0.2, -0.15) is 12.7 Å². The molecule has 1 aliphatic rings. The number of nitrogens with one attached hydrogen (secondary N) is 2. The highest BCUT2D eigenvalue weighted by Gasteiger charge is 2.28. The smallest absolute Gasteiger partial charge is 0.279 e. The Morgan fingerprint density at radius 2 is 2.06 bits per heavy atom. The second-order valence-electron chi connectivity index (χ2n) is 4.21. The lowest BCUT2D eigenvalue weighted by atomic mass is 10.1. The van der Waals surface area contributed by atoms with E-state index in [9.17, 15) is 8.42 Å². The Morgan fingerprint density at radius 3 is 2.69 bits per heavy atom. The predicted molar refractivity (Wildman–Crippen MR) is 65.5 cm³/mol. The van der Waals surface area contributed by atoms with Crippen molar-refractivity contribution in [1.82, 2.24) is 14.3 Å². The van der Waals surface area contributed by atoms with Gasteiger partial charge >= 0.3 is 0 Å². The minimum Gasteiger partial charge on any atom is -0.316 e. The van der Waals surface area contributed by atoms with Gasteiger partial charge in [-0.3, -0.25) is 0 Å². The van der Waals surface area contributed by atoms with Crippen molar-refractivity contribution in [3.8, 4) is 0 Å². The standard InChI is InChI=1S/C10H23N3O2S/c1-3-11-7-8-12-16(14,15)13-9-5-4-6-10(13)2/h10-12H,3-9H2,1-2H3. The zero-order chi connectivity index (χ0) is 12.0. The van der Waals surface area contributed by atoms with E-state index in [1.807, 2.05) is 13.8 Å². The third-order valence-corrected chi connectivity index (χ3v) is 4.62. The molecule has 1 rings (SSSR count). The number of hydrogen-bond acceptors (Lipinski definition) is 3. The molecule has 1 atom stereocenters. The van der Waals surface area contributed by atoms with Gasteiger partial charge in [0.1, 0.15) is 0 Å². The molecule has 6 heteroatoms. The Labute approximate surface area is 98.8 Å². The third kappa shape index (κ3) is 4.01. The van der Waals surface area contributed by atoms with Crippen molar-refractivity contribution in [3.05, 3.63) is 0 Å². The molecule has 1 saturated heterocycles. The molecule has 0 bridgehead atoms. The molecule has 16 heavy (non-hydrogen) atoms. The van der Waals surface area contributed by atoms with Gasteiger partial charge in [0, 0.05) is 25.7 Å². The second kappa shape index (κ2) is 6.54. The van der Waals surface area contributed by atoms with Crippen molar-refractivity contribution in [2.45, 2.75) is 39.2 Å². The van der Waals surface area contributed by atoms with Crippen molar-refractivity contribution in [2.24, 2.45) is 0 Å². The van der Waals surface area contributed by atoms with E-state index in [1.165, 1.54) is 0 Å². The van der Waals surface area contributed by atoms with Gasteiger partial charge in [0.15, 0.2) is 0 Å². The number of nitrogens with zero attached hydrogens (tertiary/aromatic N) is 1. The Kier molecular flexibility index (Phi) is 5.68. The summed E-state index contributed by atoms with van der Waals surface area (Å²) in [5.41, 5.74) is 0. The first-order valence-electron chi connectivity index (χ1n) is 6.05. The average molecular weight is 249 g/mol. The zero-order valence-corrected chi connectivity index (χ0v) is 11.0. The minimum absolute atomic E-state index is 0.130. The van der Waals surface area contributed by atoms with E-state index in [0.717, 1.165) is 25.8 Å². The highest BCUT2D eigenvalue weighted by atomic mass is 32.2. The van der Waals surface area contributed by atoms with Gasteiger partial charge in [0.2, 0.25) is 0 Å². The highest BCUT2D eigenvalue weighted by molar-refractivity contribution is 7.87. The molecule has 1 aliphatic heterocycles. The molecule has 1 heterocycles. The molecule has 0 aromatic heterocycles. The summed E-state index contributed by atoms with van der Waals surface area (Å²) in [6.07, 6.45) is 3.07. The van der Waals surface area contributed by atoms with Crippen LogP contribution in [-0.4, -0.2) is 44.9 Å². The van der Waals surface area contributed by atoms with Crippen LogP contribution in [-0.2, 0) is 10.2 Å². The van der Waals surface area contributed by atoms with Gasteiger partial charge in [-0.15, -0.1) is 0 Å². The normalized spacial score (nSPS) is 23.5. The molecule has 0 saturated carbocycles. The SMILES string of the molecule is CCNCCNS(=O)(=O)N1CCCCC1C. The van der Waals surface area contributed by atoms with E-state index in [1.54, 1.807) is 4.31 Å². The van der Waals surface area contributed by atoms with E-state index < -0.39 is 10.2 Å². The first kappa shape index (κ1) is 13.9. The van der Waals surface area contributed by atoms with Crippen molar-refractivity contribution < 1.29 is 8.42 Å². The van der Waals surface area contributed by atoms with Gasteiger partial charge < -0.3 is 5.32 Å². The number of hydrogen-bond donors (Lipinski definition) is 2. The van der Waals surface area contributed by atoms with E-state index >= 15 is 0 Å². The van der Waals surface area contributed by atoms with Crippen molar-refractivity contribution >= 4 is 10.2 Å². The van der Waals surface area contributed by atoms with E-state index in [2.05, 4.69) is 10.0 Å². The molecule has 0 amide bonds. The summed E-state index contributed by atoms with van der Waals surface area (Å²) in [5.74, 6) is 0. The van der Waals surface area contributed by atoms with Crippen LogP contribution < -0.4 is 10.0 Å². The van der Waals surface area contributed by atoms with Crippen LogP contribution in [0.4, 0.5) is 0 Å². The largest absolute Gasteiger partial charge is 0.316 e. The van der Waals surface area contributed by atoms with Gasteiger partial charge in [-0.25, -0.2) is 4.72 Å². The maximum absolute atomic E-state index is 11.9. The number of piperidine rings is 1. The second-order valence-corrected chi connectivity index (χ2v) is 5.92. The molecular formula is C10H23N3O2S. The number of likely N-dealkylation sites (N-methyl/N-ethyl adjacent to an activating group) is 1. The molecule has 1 fully saturated rings. The summed E-state index contributed by atoms with van der Waals surface area (Å²) >= 11 is 0. The van der Waals surface area contributed by atoms with Crippen LogP contribution >= 0.6 is 0 Å². The fourth-order valence-electron chi connectivity index (χ4n) is 1.96. The quantitative estimate of drug-likeness (QED) is 0.666. The van der Waals surface area contributed by atoms with Crippen LogP contribution in [0.5, 0.6) is 0 Å².